The normalized spacial score (nSPS) is 10.8. The van der Waals surface area contributed by atoms with Crippen molar-refractivity contribution in [3.05, 3.63) is 41.2 Å². The third-order valence-corrected chi connectivity index (χ3v) is 2.99. The first-order chi connectivity index (χ1) is 8.26. The quantitative estimate of drug-likeness (QED) is 0.779. The molecule has 0 bridgehead atoms. The molecule has 0 fully saturated rings. The summed E-state index contributed by atoms with van der Waals surface area (Å²) >= 11 is 5.88. The zero-order chi connectivity index (χ0) is 12.3. The Kier molecular flexibility index (Phi) is 3.79. The maximum absolute atomic E-state index is 5.88. The highest BCUT2D eigenvalue weighted by atomic mass is 35.5. The van der Waals surface area contributed by atoms with Gasteiger partial charge in [-0.2, -0.15) is 0 Å². The molecule has 0 N–H and O–H groups in total. The highest BCUT2D eigenvalue weighted by Crippen LogP contribution is 2.16. The first-order valence-corrected chi connectivity index (χ1v) is 6.36. The van der Waals surface area contributed by atoms with E-state index in [4.69, 9.17) is 11.6 Å². The predicted octanol–water partition coefficient (Wildman–Crippen LogP) is 3.27. The molecule has 90 valence electrons. The number of benzene rings is 1. The Hall–Kier alpha value is -1.35. The average molecular weight is 250 g/mol. The van der Waals surface area contributed by atoms with Gasteiger partial charge in [-0.25, -0.2) is 4.68 Å². The number of hydrogen-bond acceptors (Lipinski definition) is 2. The SMILES string of the molecule is CCCc1c(CCl)nnn1-c1ccc(C)cc1. The second kappa shape index (κ2) is 5.32. The fourth-order valence-corrected chi connectivity index (χ4v) is 2.02. The van der Waals surface area contributed by atoms with Gasteiger partial charge in [0.15, 0.2) is 0 Å². The van der Waals surface area contributed by atoms with Crippen LogP contribution in [0.5, 0.6) is 0 Å². The highest BCUT2D eigenvalue weighted by molar-refractivity contribution is 6.16. The van der Waals surface area contributed by atoms with Crippen LogP contribution in [0.25, 0.3) is 5.69 Å². The Morgan fingerprint density at radius 3 is 2.53 bits per heavy atom. The van der Waals surface area contributed by atoms with Gasteiger partial charge >= 0.3 is 0 Å². The van der Waals surface area contributed by atoms with E-state index < -0.39 is 0 Å². The lowest BCUT2D eigenvalue weighted by atomic mass is 10.2. The summed E-state index contributed by atoms with van der Waals surface area (Å²) in [5.41, 5.74) is 4.28. The zero-order valence-corrected chi connectivity index (χ0v) is 10.9. The average Bonchev–Trinajstić information content (AvgIpc) is 2.74. The van der Waals surface area contributed by atoms with E-state index in [0.29, 0.717) is 5.88 Å². The van der Waals surface area contributed by atoms with Crippen LogP contribution >= 0.6 is 11.6 Å². The van der Waals surface area contributed by atoms with Crippen LogP contribution in [0, 0.1) is 6.92 Å². The third kappa shape index (κ3) is 2.50. The molecule has 0 saturated carbocycles. The van der Waals surface area contributed by atoms with E-state index in [0.717, 1.165) is 29.9 Å². The molecule has 0 aliphatic carbocycles. The summed E-state index contributed by atoms with van der Waals surface area (Å²) in [6.45, 7) is 4.22. The van der Waals surface area contributed by atoms with Gasteiger partial charge in [0.25, 0.3) is 0 Å². The van der Waals surface area contributed by atoms with Crippen LogP contribution in [0.1, 0.15) is 30.3 Å². The molecule has 3 nitrogen and oxygen atoms in total. The van der Waals surface area contributed by atoms with Crippen LogP contribution in [0.4, 0.5) is 0 Å². The molecular weight excluding hydrogens is 234 g/mol. The molecule has 0 aliphatic rings. The summed E-state index contributed by atoms with van der Waals surface area (Å²) in [5, 5.41) is 8.32. The number of rotatable bonds is 4. The Bertz CT molecular complexity index is 488. The first-order valence-electron chi connectivity index (χ1n) is 5.82. The van der Waals surface area contributed by atoms with E-state index >= 15 is 0 Å². The van der Waals surface area contributed by atoms with Gasteiger partial charge in [0.2, 0.25) is 0 Å². The molecule has 0 atom stereocenters. The van der Waals surface area contributed by atoms with Crippen LogP contribution in [-0.2, 0) is 12.3 Å². The lowest BCUT2D eigenvalue weighted by Gasteiger charge is -2.06. The molecule has 1 heterocycles. The number of alkyl halides is 1. The third-order valence-electron chi connectivity index (χ3n) is 2.74. The maximum Gasteiger partial charge on any atom is 0.101 e. The van der Waals surface area contributed by atoms with Crippen molar-refractivity contribution in [3.63, 3.8) is 0 Å². The second-order valence-electron chi connectivity index (χ2n) is 4.11. The summed E-state index contributed by atoms with van der Waals surface area (Å²) in [6.07, 6.45) is 2.01. The molecule has 0 spiro atoms. The van der Waals surface area contributed by atoms with Crippen LogP contribution in [0.15, 0.2) is 24.3 Å². The zero-order valence-electron chi connectivity index (χ0n) is 10.2. The minimum Gasteiger partial charge on any atom is -0.217 e. The van der Waals surface area contributed by atoms with Crippen LogP contribution in [0.2, 0.25) is 0 Å². The van der Waals surface area contributed by atoms with E-state index in [9.17, 15) is 0 Å². The maximum atomic E-state index is 5.88. The van der Waals surface area contributed by atoms with Crippen molar-refractivity contribution in [2.75, 3.05) is 0 Å². The predicted molar refractivity (Wildman–Crippen MR) is 69.6 cm³/mol. The largest absolute Gasteiger partial charge is 0.217 e. The van der Waals surface area contributed by atoms with E-state index in [1.54, 1.807) is 0 Å². The molecule has 0 aliphatic heterocycles. The van der Waals surface area contributed by atoms with E-state index in [2.05, 4.69) is 48.4 Å². The standard InChI is InChI=1S/C13H16ClN3/c1-3-4-13-12(9-14)15-16-17(13)11-7-5-10(2)6-8-11/h5-8H,3-4,9H2,1-2H3. The van der Waals surface area contributed by atoms with Crippen molar-refractivity contribution in [1.82, 2.24) is 15.0 Å². The molecule has 4 heteroatoms. The van der Waals surface area contributed by atoms with Crippen molar-refractivity contribution in [2.45, 2.75) is 32.6 Å². The first kappa shape index (κ1) is 12.1. The smallest absolute Gasteiger partial charge is 0.101 e. The lowest BCUT2D eigenvalue weighted by molar-refractivity contribution is 0.745. The number of hydrogen-bond donors (Lipinski definition) is 0. The van der Waals surface area contributed by atoms with Gasteiger partial charge in [0.1, 0.15) is 5.69 Å². The molecule has 2 rings (SSSR count). The number of aromatic nitrogens is 3. The van der Waals surface area contributed by atoms with Crippen molar-refractivity contribution in [1.29, 1.82) is 0 Å². The fourth-order valence-electron chi connectivity index (χ4n) is 1.82. The van der Waals surface area contributed by atoms with E-state index in [-0.39, 0.29) is 0 Å². The number of aryl methyl sites for hydroxylation is 1. The molecule has 17 heavy (non-hydrogen) atoms. The Labute approximate surface area is 106 Å². The highest BCUT2D eigenvalue weighted by Gasteiger charge is 2.12. The van der Waals surface area contributed by atoms with E-state index in [1.165, 1.54) is 5.56 Å². The van der Waals surface area contributed by atoms with E-state index in [1.807, 2.05) is 4.68 Å². The van der Waals surface area contributed by atoms with Gasteiger partial charge in [-0.15, -0.1) is 16.7 Å². The second-order valence-corrected chi connectivity index (χ2v) is 4.38. The monoisotopic (exact) mass is 249 g/mol. The minimum atomic E-state index is 0.418. The molecule has 1 aromatic heterocycles. The van der Waals surface area contributed by atoms with Gasteiger partial charge in [0, 0.05) is 0 Å². The molecule has 0 radical (unpaired) electrons. The van der Waals surface area contributed by atoms with Crippen molar-refractivity contribution in [2.24, 2.45) is 0 Å². The van der Waals surface area contributed by atoms with Crippen LogP contribution in [0.3, 0.4) is 0 Å². The number of halogens is 1. The molecule has 0 unspecified atom stereocenters. The molecule has 0 amide bonds. The Balaban J connectivity index is 2.43. The van der Waals surface area contributed by atoms with Gasteiger partial charge < -0.3 is 0 Å². The summed E-state index contributed by atoms with van der Waals surface area (Å²) < 4.78 is 1.89. The fraction of sp³-hybridized carbons (Fsp3) is 0.385. The van der Waals surface area contributed by atoms with Crippen molar-refractivity contribution < 1.29 is 0 Å². The van der Waals surface area contributed by atoms with Crippen molar-refractivity contribution >= 4 is 11.6 Å². The molecule has 1 aromatic carbocycles. The number of nitrogens with zero attached hydrogens (tertiary/aromatic N) is 3. The summed E-state index contributed by atoms with van der Waals surface area (Å²) in [6, 6.07) is 8.27. The topological polar surface area (TPSA) is 30.7 Å². The molecule has 0 saturated heterocycles. The molecular formula is C13H16ClN3. The van der Waals surface area contributed by atoms with Gasteiger partial charge in [-0.3, -0.25) is 0 Å². The minimum absolute atomic E-state index is 0.418. The van der Waals surface area contributed by atoms with Crippen molar-refractivity contribution in [3.8, 4) is 5.69 Å². The van der Waals surface area contributed by atoms with Gasteiger partial charge in [0.05, 0.1) is 17.3 Å². The summed E-state index contributed by atoms with van der Waals surface area (Å²) in [4.78, 5) is 0. The Morgan fingerprint density at radius 1 is 1.24 bits per heavy atom. The van der Waals surface area contributed by atoms with Gasteiger partial charge in [-0.1, -0.05) is 36.3 Å². The Morgan fingerprint density at radius 2 is 1.94 bits per heavy atom. The summed E-state index contributed by atoms with van der Waals surface area (Å²) in [7, 11) is 0. The van der Waals surface area contributed by atoms with Gasteiger partial charge in [-0.05, 0) is 25.5 Å². The van der Waals surface area contributed by atoms with Crippen LogP contribution < -0.4 is 0 Å². The molecule has 2 aromatic rings. The van der Waals surface area contributed by atoms with Crippen LogP contribution in [-0.4, -0.2) is 15.0 Å². The lowest BCUT2D eigenvalue weighted by Crippen LogP contribution is -2.03. The summed E-state index contributed by atoms with van der Waals surface area (Å²) in [5.74, 6) is 0.418.